The molecule has 3 nitrogen and oxygen atoms in total. The van der Waals surface area contributed by atoms with Gasteiger partial charge in [-0.05, 0) is 49.1 Å². The predicted molar refractivity (Wildman–Crippen MR) is 93.3 cm³/mol. The van der Waals surface area contributed by atoms with Crippen LogP contribution in [0.2, 0.25) is 0 Å². The minimum Gasteiger partial charge on any atom is -0.374 e. The molecular weight excluding hydrogens is 291 g/mol. The number of anilines is 2. The Hall–Kier alpha value is -2.36. The van der Waals surface area contributed by atoms with Crippen molar-refractivity contribution in [2.45, 2.75) is 39.2 Å². The predicted octanol–water partition coefficient (Wildman–Crippen LogP) is 4.78. The van der Waals surface area contributed by atoms with Crippen LogP contribution in [-0.4, -0.2) is 11.9 Å². The Morgan fingerprint density at radius 2 is 1.74 bits per heavy atom. The summed E-state index contributed by atoms with van der Waals surface area (Å²) in [5, 5.41) is 5.72. The van der Waals surface area contributed by atoms with Crippen LogP contribution in [0.5, 0.6) is 0 Å². The topological polar surface area (TPSA) is 41.1 Å². The van der Waals surface area contributed by atoms with Gasteiger partial charge in [-0.2, -0.15) is 0 Å². The molecular formula is C19H23FN2O. The summed E-state index contributed by atoms with van der Waals surface area (Å²) in [6, 6.07) is 13.7. The molecule has 122 valence electrons. The van der Waals surface area contributed by atoms with Crippen molar-refractivity contribution in [3.05, 3.63) is 59.9 Å². The standard InChI is InChI=1S/C19H23FN2O/c1-4-13(2)15-9-11-16(12-10-15)21-14(3)19(23)22-18-8-6-5-7-17(18)20/h5-14,21H,4H2,1-3H3,(H,22,23)/t13-,14+/m1/s1. The van der Waals surface area contributed by atoms with Gasteiger partial charge in [0.25, 0.3) is 0 Å². The molecule has 2 N–H and O–H groups in total. The highest BCUT2D eigenvalue weighted by Gasteiger charge is 2.14. The zero-order valence-electron chi connectivity index (χ0n) is 13.8. The second-order valence-corrected chi connectivity index (χ2v) is 5.77. The first-order valence-corrected chi connectivity index (χ1v) is 7.93. The van der Waals surface area contributed by atoms with Crippen molar-refractivity contribution in [3.63, 3.8) is 0 Å². The van der Waals surface area contributed by atoms with Crippen molar-refractivity contribution in [3.8, 4) is 0 Å². The van der Waals surface area contributed by atoms with Crippen molar-refractivity contribution in [1.29, 1.82) is 0 Å². The van der Waals surface area contributed by atoms with E-state index in [4.69, 9.17) is 0 Å². The maximum Gasteiger partial charge on any atom is 0.246 e. The fraction of sp³-hybridized carbons (Fsp3) is 0.316. The van der Waals surface area contributed by atoms with Crippen LogP contribution in [0.3, 0.4) is 0 Å². The lowest BCUT2D eigenvalue weighted by atomic mass is 9.98. The third kappa shape index (κ3) is 4.55. The molecule has 0 spiro atoms. The average Bonchev–Trinajstić information content (AvgIpc) is 2.56. The number of hydrogen-bond acceptors (Lipinski definition) is 2. The van der Waals surface area contributed by atoms with Gasteiger partial charge in [-0.3, -0.25) is 4.79 Å². The van der Waals surface area contributed by atoms with Crippen LogP contribution in [0.25, 0.3) is 0 Å². The summed E-state index contributed by atoms with van der Waals surface area (Å²) in [6.07, 6.45) is 1.09. The van der Waals surface area contributed by atoms with Crippen molar-refractivity contribution in [1.82, 2.24) is 0 Å². The number of amides is 1. The molecule has 0 fully saturated rings. The largest absolute Gasteiger partial charge is 0.374 e. The minimum atomic E-state index is -0.468. The van der Waals surface area contributed by atoms with Crippen LogP contribution in [0.15, 0.2) is 48.5 Å². The Morgan fingerprint density at radius 1 is 1.09 bits per heavy atom. The van der Waals surface area contributed by atoms with E-state index < -0.39 is 11.9 Å². The second-order valence-electron chi connectivity index (χ2n) is 5.77. The van der Waals surface area contributed by atoms with Crippen LogP contribution in [0.1, 0.15) is 38.7 Å². The number of halogens is 1. The summed E-state index contributed by atoms with van der Waals surface area (Å²) >= 11 is 0. The lowest BCUT2D eigenvalue weighted by molar-refractivity contribution is -0.116. The van der Waals surface area contributed by atoms with Gasteiger partial charge in [0.2, 0.25) is 5.91 Å². The molecule has 2 rings (SSSR count). The lowest BCUT2D eigenvalue weighted by Gasteiger charge is -2.16. The first-order valence-electron chi connectivity index (χ1n) is 7.93. The number of carbonyl (C=O) groups is 1. The molecule has 0 aliphatic rings. The van der Waals surface area contributed by atoms with E-state index >= 15 is 0 Å². The highest BCUT2D eigenvalue weighted by atomic mass is 19.1. The molecule has 4 heteroatoms. The Balaban J connectivity index is 1.97. The third-order valence-corrected chi connectivity index (χ3v) is 4.00. The van der Waals surface area contributed by atoms with Gasteiger partial charge in [-0.1, -0.05) is 38.1 Å². The van der Waals surface area contributed by atoms with Gasteiger partial charge in [0.05, 0.1) is 5.69 Å². The van der Waals surface area contributed by atoms with E-state index in [0.29, 0.717) is 5.92 Å². The molecule has 2 aromatic rings. The Kier molecular flexibility index (Phi) is 5.74. The maximum absolute atomic E-state index is 13.6. The van der Waals surface area contributed by atoms with E-state index in [-0.39, 0.29) is 11.6 Å². The van der Waals surface area contributed by atoms with Crippen LogP contribution in [0, 0.1) is 5.82 Å². The van der Waals surface area contributed by atoms with Gasteiger partial charge in [0.1, 0.15) is 11.9 Å². The van der Waals surface area contributed by atoms with Gasteiger partial charge in [0.15, 0.2) is 0 Å². The van der Waals surface area contributed by atoms with Crippen LogP contribution >= 0.6 is 0 Å². The summed E-state index contributed by atoms with van der Waals surface area (Å²) in [5.74, 6) is -0.196. The summed E-state index contributed by atoms with van der Waals surface area (Å²) in [5.41, 5.74) is 2.34. The van der Waals surface area contributed by atoms with E-state index in [2.05, 4.69) is 36.6 Å². The van der Waals surface area contributed by atoms with Gasteiger partial charge < -0.3 is 10.6 Å². The van der Waals surface area contributed by atoms with Gasteiger partial charge in [-0.15, -0.1) is 0 Å². The number of para-hydroxylation sites is 1. The minimum absolute atomic E-state index is 0.193. The molecule has 0 heterocycles. The molecule has 0 unspecified atom stereocenters. The molecule has 0 aliphatic carbocycles. The summed E-state index contributed by atoms with van der Waals surface area (Å²) in [4.78, 5) is 12.2. The number of benzene rings is 2. The van der Waals surface area contributed by atoms with Crippen LogP contribution in [0.4, 0.5) is 15.8 Å². The molecule has 0 bridgehead atoms. The van der Waals surface area contributed by atoms with Gasteiger partial charge in [-0.25, -0.2) is 4.39 Å². The molecule has 0 aromatic heterocycles. The molecule has 2 aromatic carbocycles. The Morgan fingerprint density at radius 3 is 2.35 bits per heavy atom. The van der Waals surface area contributed by atoms with Crippen molar-refractivity contribution >= 4 is 17.3 Å². The van der Waals surface area contributed by atoms with E-state index in [9.17, 15) is 9.18 Å². The van der Waals surface area contributed by atoms with E-state index in [1.165, 1.54) is 11.6 Å². The SMILES string of the molecule is CC[C@@H](C)c1ccc(N[C@@H](C)C(=O)Nc2ccccc2F)cc1. The molecule has 1 amide bonds. The molecule has 0 radical (unpaired) electrons. The first kappa shape index (κ1) is 17.0. The molecule has 0 saturated carbocycles. The van der Waals surface area contributed by atoms with Crippen molar-refractivity contribution in [2.75, 3.05) is 10.6 Å². The van der Waals surface area contributed by atoms with Gasteiger partial charge >= 0.3 is 0 Å². The maximum atomic E-state index is 13.6. The lowest BCUT2D eigenvalue weighted by Crippen LogP contribution is -2.32. The van der Waals surface area contributed by atoms with E-state index in [0.717, 1.165) is 12.1 Å². The second kappa shape index (κ2) is 7.77. The number of rotatable bonds is 6. The number of carbonyl (C=O) groups excluding carboxylic acids is 1. The zero-order chi connectivity index (χ0) is 16.8. The summed E-state index contributed by atoms with van der Waals surface area (Å²) in [7, 11) is 0. The normalized spacial score (nSPS) is 13.2. The highest BCUT2D eigenvalue weighted by molar-refractivity contribution is 5.96. The molecule has 0 saturated heterocycles. The van der Waals surface area contributed by atoms with Crippen LogP contribution < -0.4 is 10.6 Å². The van der Waals surface area contributed by atoms with E-state index in [1.54, 1.807) is 25.1 Å². The fourth-order valence-electron chi connectivity index (χ4n) is 2.26. The van der Waals surface area contributed by atoms with Crippen molar-refractivity contribution < 1.29 is 9.18 Å². The summed E-state index contributed by atoms with van der Waals surface area (Å²) in [6.45, 7) is 6.09. The fourth-order valence-corrected chi connectivity index (χ4v) is 2.26. The summed E-state index contributed by atoms with van der Waals surface area (Å²) < 4.78 is 13.6. The Labute approximate surface area is 136 Å². The quantitative estimate of drug-likeness (QED) is 0.805. The highest BCUT2D eigenvalue weighted by Crippen LogP contribution is 2.21. The smallest absolute Gasteiger partial charge is 0.246 e. The Bertz CT molecular complexity index is 655. The molecule has 0 aliphatic heterocycles. The van der Waals surface area contributed by atoms with Crippen molar-refractivity contribution in [2.24, 2.45) is 0 Å². The first-order chi connectivity index (χ1) is 11.0. The van der Waals surface area contributed by atoms with Gasteiger partial charge in [0, 0.05) is 5.69 Å². The average molecular weight is 314 g/mol. The monoisotopic (exact) mass is 314 g/mol. The third-order valence-electron chi connectivity index (χ3n) is 4.00. The number of hydrogen-bond donors (Lipinski definition) is 2. The zero-order valence-corrected chi connectivity index (χ0v) is 13.8. The molecule has 23 heavy (non-hydrogen) atoms. The van der Waals surface area contributed by atoms with E-state index in [1.807, 2.05) is 12.1 Å². The molecule has 2 atom stereocenters. The van der Waals surface area contributed by atoms with Crippen LogP contribution in [-0.2, 0) is 4.79 Å². The number of nitrogens with one attached hydrogen (secondary N) is 2.